The number of aryl methyl sites for hydroxylation is 2. The minimum absolute atomic E-state index is 0. The summed E-state index contributed by atoms with van der Waals surface area (Å²) in [6.07, 6.45) is 3.60. The van der Waals surface area contributed by atoms with Crippen molar-refractivity contribution < 1.29 is 8.42 Å². The van der Waals surface area contributed by atoms with Crippen LogP contribution in [0.3, 0.4) is 0 Å². The zero-order valence-corrected chi connectivity index (χ0v) is 15.4. The van der Waals surface area contributed by atoms with Crippen LogP contribution in [0.1, 0.15) is 41.8 Å². The first kappa shape index (κ1) is 18.3. The number of hydrogen-bond donors (Lipinski definition) is 2. The molecule has 7 heteroatoms. The third-order valence-electron chi connectivity index (χ3n) is 4.03. The quantitative estimate of drug-likeness (QED) is 0.804. The Morgan fingerprint density at radius 3 is 2.78 bits per heavy atom. The second-order valence-corrected chi connectivity index (χ2v) is 8.71. The van der Waals surface area contributed by atoms with E-state index >= 15 is 0 Å². The average Bonchev–Trinajstić information content (AvgIpc) is 2.96. The molecule has 3 rings (SSSR count). The van der Waals surface area contributed by atoms with Crippen LogP contribution in [-0.4, -0.2) is 8.42 Å². The monoisotopic (exact) mass is 372 g/mol. The van der Waals surface area contributed by atoms with Gasteiger partial charge in [-0.05, 0) is 61.1 Å². The van der Waals surface area contributed by atoms with Crippen LogP contribution in [0.2, 0.25) is 0 Å². The highest BCUT2D eigenvalue weighted by molar-refractivity contribution is 7.91. The maximum atomic E-state index is 12.6. The molecule has 126 valence electrons. The molecule has 1 aliphatic carbocycles. The van der Waals surface area contributed by atoms with Gasteiger partial charge in [-0.2, -0.15) is 0 Å². The molecule has 0 saturated carbocycles. The molecule has 0 aliphatic heterocycles. The van der Waals surface area contributed by atoms with Crippen molar-refractivity contribution in [3.05, 3.63) is 46.3 Å². The number of anilines is 1. The molecular weight excluding hydrogens is 352 g/mol. The smallest absolute Gasteiger partial charge is 0.250 e. The van der Waals surface area contributed by atoms with Gasteiger partial charge in [0, 0.05) is 16.6 Å². The first-order chi connectivity index (χ1) is 10.5. The van der Waals surface area contributed by atoms with Crippen molar-refractivity contribution in [2.24, 2.45) is 0 Å². The Hall–Kier alpha value is -1.08. The Labute approximate surface area is 147 Å². The number of rotatable bonds is 4. The maximum absolute atomic E-state index is 12.6. The van der Waals surface area contributed by atoms with E-state index in [2.05, 4.69) is 4.72 Å². The van der Waals surface area contributed by atoms with Crippen molar-refractivity contribution in [3.63, 3.8) is 0 Å². The fourth-order valence-electron chi connectivity index (χ4n) is 2.89. The van der Waals surface area contributed by atoms with Gasteiger partial charge in [0.05, 0.1) is 0 Å². The number of hydrogen-bond acceptors (Lipinski definition) is 4. The van der Waals surface area contributed by atoms with Gasteiger partial charge in [-0.3, -0.25) is 0 Å². The molecule has 1 unspecified atom stereocenters. The van der Waals surface area contributed by atoms with E-state index in [0.717, 1.165) is 47.4 Å². The van der Waals surface area contributed by atoms with Gasteiger partial charge in [-0.15, -0.1) is 23.7 Å². The van der Waals surface area contributed by atoms with Crippen LogP contribution < -0.4 is 10.5 Å². The van der Waals surface area contributed by atoms with E-state index in [1.165, 1.54) is 11.3 Å². The van der Waals surface area contributed by atoms with Crippen molar-refractivity contribution >= 4 is 39.5 Å². The first-order valence-electron chi connectivity index (χ1n) is 7.49. The summed E-state index contributed by atoms with van der Waals surface area (Å²) in [6.45, 7) is 2.03. The molecule has 23 heavy (non-hydrogen) atoms. The van der Waals surface area contributed by atoms with Crippen molar-refractivity contribution in [1.82, 2.24) is 4.72 Å². The van der Waals surface area contributed by atoms with E-state index in [1.807, 2.05) is 31.2 Å². The Balaban J connectivity index is 0.00000192. The van der Waals surface area contributed by atoms with Gasteiger partial charge < -0.3 is 5.73 Å². The lowest BCUT2D eigenvalue weighted by Gasteiger charge is -2.26. The molecule has 2 aromatic rings. The number of halogens is 1. The highest BCUT2D eigenvalue weighted by atomic mass is 35.5. The Morgan fingerprint density at radius 2 is 2.09 bits per heavy atom. The summed E-state index contributed by atoms with van der Waals surface area (Å²) < 4.78 is 28.4. The third-order valence-corrected chi connectivity index (χ3v) is 7.22. The summed E-state index contributed by atoms with van der Waals surface area (Å²) in [5.41, 5.74) is 8.76. The van der Waals surface area contributed by atoms with Crippen molar-refractivity contribution in [2.45, 2.75) is 42.9 Å². The summed E-state index contributed by atoms with van der Waals surface area (Å²) in [5, 5.41) is 0. The number of nitrogens with one attached hydrogen (secondary N) is 1. The van der Waals surface area contributed by atoms with Gasteiger partial charge >= 0.3 is 0 Å². The highest BCUT2D eigenvalue weighted by Gasteiger charge is 2.26. The molecule has 0 fully saturated rings. The molecule has 1 atom stereocenters. The summed E-state index contributed by atoms with van der Waals surface area (Å²) in [7, 11) is -3.46. The van der Waals surface area contributed by atoms with Crippen molar-refractivity contribution in [1.29, 1.82) is 0 Å². The number of nitrogen functional groups attached to an aromatic ring is 1. The summed E-state index contributed by atoms with van der Waals surface area (Å²) in [5.74, 6) is 0. The number of fused-ring (bicyclic) bond motifs is 1. The predicted molar refractivity (Wildman–Crippen MR) is 97.8 cm³/mol. The lowest BCUT2D eigenvalue weighted by Crippen LogP contribution is -2.30. The fourth-order valence-corrected chi connectivity index (χ4v) is 5.46. The molecule has 0 amide bonds. The van der Waals surface area contributed by atoms with E-state index in [-0.39, 0.29) is 18.4 Å². The zero-order valence-electron chi connectivity index (χ0n) is 12.9. The fraction of sp³-hybridized carbons (Fsp3) is 0.375. The molecule has 1 heterocycles. The molecule has 0 radical (unpaired) electrons. The van der Waals surface area contributed by atoms with Crippen LogP contribution in [0.15, 0.2) is 34.5 Å². The molecule has 1 aromatic carbocycles. The van der Waals surface area contributed by atoms with E-state index in [4.69, 9.17) is 5.73 Å². The molecule has 4 nitrogen and oxygen atoms in total. The summed E-state index contributed by atoms with van der Waals surface area (Å²) in [4.78, 5) is 1.08. The maximum Gasteiger partial charge on any atom is 0.250 e. The molecule has 1 aliphatic rings. The van der Waals surface area contributed by atoms with E-state index < -0.39 is 10.0 Å². The molecule has 0 bridgehead atoms. The van der Waals surface area contributed by atoms with Gasteiger partial charge in [0.2, 0.25) is 0 Å². The summed E-state index contributed by atoms with van der Waals surface area (Å²) >= 11 is 1.34. The molecule has 1 aromatic heterocycles. The average molecular weight is 373 g/mol. The second kappa shape index (κ2) is 7.21. The van der Waals surface area contributed by atoms with Gasteiger partial charge in [-0.25, -0.2) is 13.1 Å². The van der Waals surface area contributed by atoms with Gasteiger partial charge in [0.15, 0.2) is 0 Å². The van der Waals surface area contributed by atoms with Crippen LogP contribution in [0.25, 0.3) is 0 Å². The molecule has 0 saturated heterocycles. The molecule has 3 N–H and O–H groups in total. The van der Waals surface area contributed by atoms with Gasteiger partial charge in [0.1, 0.15) is 4.21 Å². The number of thiophene rings is 1. The molecular formula is C16H21ClN2O2S2. The van der Waals surface area contributed by atoms with Crippen LogP contribution in [-0.2, 0) is 22.9 Å². The zero-order chi connectivity index (χ0) is 15.7. The van der Waals surface area contributed by atoms with E-state index in [9.17, 15) is 8.42 Å². The van der Waals surface area contributed by atoms with Crippen LogP contribution >= 0.6 is 23.7 Å². The standard InChI is InChI=1S/C16H20N2O2S2.ClH/c1-2-13-7-9-16(21-13)22(19,20)18-15-5-3-4-11-10-12(17)6-8-14(11)15;/h6-10,15,18H,2-5,17H2,1H3;1H. The van der Waals surface area contributed by atoms with Gasteiger partial charge in [-0.1, -0.05) is 13.0 Å². The van der Waals surface area contributed by atoms with E-state index in [0.29, 0.717) is 4.21 Å². The van der Waals surface area contributed by atoms with Crippen LogP contribution in [0.5, 0.6) is 0 Å². The largest absolute Gasteiger partial charge is 0.399 e. The minimum atomic E-state index is -3.46. The second-order valence-electron chi connectivity index (χ2n) is 5.60. The van der Waals surface area contributed by atoms with Gasteiger partial charge in [0.25, 0.3) is 10.0 Å². The molecule has 0 spiro atoms. The highest BCUT2D eigenvalue weighted by Crippen LogP contribution is 2.33. The van der Waals surface area contributed by atoms with Crippen molar-refractivity contribution in [2.75, 3.05) is 5.73 Å². The lowest BCUT2D eigenvalue weighted by molar-refractivity contribution is 0.508. The SMILES string of the molecule is CCc1ccc(S(=O)(=O)NC2CCCc3cc(N)ccc32)s1.Cl. The topological polar surface area (TPSA) is 72.2 Å². The predicted octanol–water partition coefficient (Wildman–Crippen LogP) is 3.67. The first-order valence-corrected chi connectivity index (χ1v) is 9.79. The Bertz CT molecular complexity index is 787. The lowest BCUT2D eigenvalue weighted by atomic mass is 9.88. The van der Waals surface area contributed by atoms with Crippen molar-refractivity contribution in [3.8, 4) is 0 Å². The van der Waals surface area contributed by atoms with Crippen LogP contribution in [0, 0.1) is 0 Å². The van der Waals surface area contributed by atoms with E-state index in [1.54, 1.807) is 6.07 Å². The third kappa shape index (κ3) is 3.88. The Morgan fingerprint density at radius 1 is 1.30 bits per heavy atom. The van der Waals surface area contributed by atoms with Crippen LogP contribution in [0.4, 0.5) is 5.69 Å². The Kier molecular flexibility index (Phi) is 5.73. The number of sulfonamides is 1. The minimum Gasteiger partial charge on any atom is -0.399 e. The normalized spacial score (nSPS) is 17.3. The number of nitrogens with two attached hydrogens (primary N) is 1. The number of benzene rings is 1. The summed E-state index contributed by atoms with van der Waals surface area (Å²) in [6, 6.07) is 9.15.